The molecule has 0 N–H and O–H groups in total. The number of aromatic nitrogens is 2. The molecule has 7 nitrogen and oxygen atoms in total. The summed E-state index contributed by atoms with van der Waals surface area (Å²) in [5.41, 5.74) is -1.53. The van der Waals surface area contributed by atoms with Crippen molar-refractivity contribution < 1.29 is 30.8 Å². The van der Waals surface area contributed by atoms with E-state index in [0.29, 0.717) is 0 Å². The van der Waals surface area contributed by atoms with E-state index in [1.807, 2.05) is 0 Å². The van der Waals surface area contributed by atoms with Crippen molar-refractivity contribution in [3.63, 3.8) is 0 Å². The third-order valence-electron chi connectivity index (χ3n) is 4.71. The highest BCUT2D eigenvalue weighted by molar-refractivity contribution is 7.90. The molecule has 1 amide bonds. The number of carbonyl (C=O) groups is 1. The van der Waals surface area contributed by atoms with Gasteiger partial charge in [-0.3, -0.25) is 4.79 Å². The van der Waals surface area contributed by atoms with Crippen LogP contribution in [0.5, 0.6) is 0 Å². The van der Waals surface area contributed by atoms with E-state index in [1.165, 1.54) is 37.4 Å². The lowest BCUT2D eigenvalue weighted by molar-refractivity contribution is -0.137. The fraction of sp³-hybridized carbons (Fsp3) is 0.150. The van der Waals surface area contributed by atoms with Crippen molar-refractivity contribution in [1.29, 1.82) is 0 Å². The van der Waals surface area contributed by atoms with E-state index in [1.54, 1.807) is 0 Å². The number of furan rings is 1. The summed E-state index contributed by atoms with van der Waals surface area (Å²) in [6, 6.07) is 7.57. The zero-order valence-corrected chi connectivity index (χ0v) is 18.0. The number of nitrogens with zero attached hydrogens (tertiary/aromatic N) is 3. The molecule has 32 heavy (non-hydrogen) atoms. The summed E-state index contributed by atoms with van der Waals surface area (Å²) in [5, 5.41) is -0.640. The van der Waals surface area contributed by atoms with Crippen LogP contribution >= 0.6 is 11.6 Å². The van der Waals surface area contributed by atoms with Crippen LogP contribution in [0.3, 0.4) is 0 Å². The van der Waals surface area contributed by atoms with Crippen LogP contribution in [0.25, 0.3) is 23.2 Å². The standard InChI is InChI=1S/C20H13ClF3N3O4S/c1-27-12(9-10-5-3-4-6-11(10)20(22,23)24)16-15(18(27)28)17(13-7-8-14(21)31-13)26-19(25-16)32(2,29)30/h3-9H,1-2H3/b12-9+. The number of fused-ring (bicyclic) bond motifs is 1. The summed E-state index contributed by atoms with van der Waals surface area (Å²) in [6.07, 6.45) is -2.64. The Bertz CT molecular complexity index is 1400. The highest BCUT2D eigenvalue weighted by Crippen LogP contribution is 2.40. The van der Waals surface area contributed by atoms with Crippen molar-refractivity contribution >= 4 is 39.1 Å². The Hall–Kier alpha value is -3.18. The minimum atomic E-state index is -4.64. The number of alkyl halides is 3. The number of benzene rings is 1. The van der Waals surface area contributed by atoms with Gasteiger partial charge >= 0.3 is 6.18 Å². The Labute approximate surface area is 185 Å². The molecule has 1 aliphatic heterocycles. The minimum absolute atomic E-state index is 0.0113. The molecule has 1 aromatic carbocycles. The van der Waals surface area contributed by atoms with Gasteiger partial charge in [-0.05, 0) is 41.4 Å². The van der Waals surface area contributed by atoms with Gasteiger partial charge in [0.05, 0.1) is 16.8 Å². The third kappa shape index (κ3) is 3.78. The van der Waals surface area contributed by atoms with Crippen molar-refractivity contribution in [2.24, 2.45) is 0 Å². The highest BCUT2D eigenvalue weighted by atomic mass is 35.5. The molecule has 0 radical (unpaired) electrons. The molecule has 0 saturated carbocycles. The lowest BCUT2D eigenvalue weighted by atomic mass is 10.0. The van der Waals surface area contributed by atoms with Gasteiger partial charge in [-0.2, -0.15) is 13.2 Å². The zero-order chi connectivity index (χ0) is 23.4. The molecule has 2 aromatic heterocycles. The maximum absolute atomic E-state index is 13.5. The first-order chi connectivity index (χ1) is 14.9. The van der Waals surface area contributed by atoms with Crippen molar-refractivity contribution in [2.75, 3.05) is 13.3 Å². The van der Waals surface area contributed by atoms with Gasteiger partial charge in [-0.1, -0.05) is 18.2 Å². The second kappa shape index (κ2) is 7.45. The molecule has 166 valence electrons. The van der Waals surface area contributed by atoms with Crippen LogP contribution < -0.4 is 0 Å². The molecule has 0 aliphatic carbocycles. The number of hydrogen-bond donors (Lipinski definition) is 0. The van der Waals surface area contributed by atoms with Crippen LogP contribution in [-0.2, 0) is 16.0 Å². The predicted molar refractivity (Wildman–Crippen MR) is 109 cm³/mol. The Kier molecular flexibility index (Phi) is 5.13. The first-order valence-corrected chi connectivity index (χ1v) is 11.2. The largest absolute Gasteiger partial charge is 0.443 e. The van der Waals surface area contributed by atoms with E-state index in [0.717, 1.165) is 23.3 Å². The van der Waals surface area contributed by atoms with E-state index < -0.39 is 32.6 Å². The van der Waals surface area contributed by atoms with E-state index in [-0.39, 0.29) is 39.2 Å². The summed E-state index contributed by atoms with van der Waals surface area (Å²) in [4.78, 5) is 22.1. The fourth-order valence-corrected chi connectivity index (χ4v) is 3.90. The van der Waals surface area contributed by atoms with Crippen LogP contribution in [0, 0.1) is 0 Å². The molecule has 0 spiro atoms. The molecule has 0 bridgehead atoms. The smallest absolute Gasteiger partial charge is 0.416 e. The summed E-state index contributed by atoms with van der Waals surface area (Å²) in [7, 11) is -2.61. The second-order valence-electron chi connectivity index (χ2n) is 6.93. The molecule has 3 aromatic rings. The van der Waals surface area contributed by atoms with Crippen LogP contribution in [0.15, 0.2) is 46.0 Å². The molecular weight excluding hydrogens is 471 g/mol. The molecular formula is C20H13ClF3N3O4S. The number of hydrogen-bond acceptors (Lipinski definition) is 6. The summed E-state index contributed by atoms with van der Waals surface area (Å²) >= 11 is 5.81. The maximum atomic E-state index is 13.5. The lowest BCUT2D eigenvalue weighted by Crippen LogP contribution is -2.18. The van der Waals surface area contributed by atoms with E-state index in [9.17, 15) is 26.4 Å². The van der Waals surface area contributed by atoms with Gasteiger partial charge in [0.1, 0.15) is 11.4 Å². The number of amides is 1. The van der Waals surface area contributed by atoms with Gasteiger partial charge in [-0.25, -0.2) is 18.4 Å². The van der Waals surface area contributed by atoms with Gasteiger partial charge in [0.2, 0.25) is 15.0 Å². The minimum Gasteiger partial charge on any atom is -0.443 e. The van der Waals surface area contributed by atoms with Crippen LogP contribution in [0.2, 0.25) is 5.22 Å². The Morgan fingerprint density at radius 3 is 2.34 bits per heavy atom. The Morgan fingerprint density at radius 2 is 1.75 bits per heavy atom. The molecule has 4 rings (SSSR count). The van der Waals surface area contributed by atoms with E-state index in [4.69, 9.17) is 16.0 Å². The van der Waals surface area contributed by atoms with Gasteiger partial charge in [0.15, 0.2) is 11.0 Å². The summed E-state index contributed by atoms with van der Waals surface area (Å²) < 4.78 is 70.1. The molecule has 12 heteroatoms. The maximum Gasteiger partial charge on any atom is 0.416 e. The average molecular weight is 484 g/mol. The van der Waals surface area contributed by atoms with Gasteiger partial charge in [-0.15, -0.1) is 0 Å². The van der Waals surface area contributed by atoms with Crippen LogP contribution in [0.4, 0.5) is 13.2 Å². The van der Waals surface area contributed by atoms with Crippen molar-refractivity contribution in [3.05, 3.63) is 64.0 Å². The molecule has 0 unspecified atom stereocenters. The highest BCUT2D eigenvalue weighted by Gasteiger charge is 2.38. The normalized spacial score (nSPS) is 15.5. The fourth-order valence-electron chi connectivity index (χ4n) is 3.24. The number of sulfone groups is 1. The second-order valence-corrected chi connectivity index (χ2v) is 9.22. The lowest BCUT2D eigenvalue weighted by Gasteiger charge is -2.14. The average Bonchev–Trinajstić information content (AvgIpc) is 3.24. The van der Waals surface area contributed by atoms with Crippen LogP contribution in [-0.4, -0.2) is 42.5 Å². The van der Waals surface area contributed by atoms with E-state index >= 15 is 0 Å². The topological polar surface area (TPSA) is 93.4 Å². The Balaban J connectivity index is 2.03. The van der Waals surface area contributed by atoms with E-state index in [2.05, 4.69) is 9.97 Å². The SMILES string of the molecule is CN1C(=O)c2c(nc(S(C)(=O)=O)nc2-c2ccc(Cl)o2)/C1=C\c1ccccc1C(F)(F)F. The first kappa shape index (κ1) is 22.0. The molecule has 0 atom stereocenters. The summed E-state index contributed by atoms with van der Waals surface area (Å²) in [5.74, 6) is -0.629. The van der Waals surface area contributed by atoms with Crippen molar-refractivity contribution in [1.82, 2.24) is 14.9 Å². The number of carbonyl (C=O) groups excluding carboxylic acids is 1. The molecule has 0 fully saturated rings. The predicted octanol–water partition coefficient (Wildman–Crippen LogP) is 4.40. The zero-order valence-electron chi connectivity index (χ0n) is 16.4. The third-order valence-corrected chi connectivity index (χ3v) is 5.76. The number of halogens is 4. The summed E-state index contributed by atoms with van der Waals surface area (Å²) in [6.45, 7) is 0. The van der Waals surface area contributed by atoms with Gasteiger partial charge in [0, 0.05) is 13.3 Å². The first-order valence-electron chi connectivity index (χ1n) is 8.92. The molecule has 0 saturated heterocycles. The van der Waals surface area contributed by atoms with Gasteiger partial charge in [0.25, 0.3) is 5.91 Å². The van der Waals surface area contributed by atoms with Crippen molar-refractivity contribution in [3.8, 4) is 11.5 Å². The van der Waals surface area contributed by atoms with Crippen molar-refractivity contribution in [2.45, 2.75) is 11.3 Å². The van der Waals surface area contributed by atoms with Gasteiger partial charge < -0.3 is 9.32 Å². The number of rotatable bonds is 3. The van der Waals surface area contributed by atoms with Crippen LogP contribution in [0.1, 0.15) is 27.2 Å². The Morgan fingerprint density at radius 1 is 1.09 bits per heavy atom. The quantitative estimate of drug-likeness (QED) is 0.513. The molecule has 1 aliphatic rings. The molecule has 3 heterocycles. The monoisotopic (exact) mass is 483 g/mol.